The van der Waals surface area contributed by atoms with Crippen LogP contribution in [0.4, 0.5) is 0 Å². The van der Waals surface area contributed by atoms with E-state index in [1.54, 1.807) is 6.08 Å². The van der Waals surface area contributed by atoms with Crippen molar-refractivity contribution < 1.29 is 12.9 Å². The molecule has 0 aromatic carbocycles. The minimum absolute atomic E-state index is 0.803. The van der Waals surface area contributed by atoms with Crippen LogP contribution in [0, 0.1) is 0 Å². The van der Waals surface area contributed by atoms with Crippen LogP contribution in [0.1, 0.15) is 13.3 Å². The molecule has 0 aromatic heterocycles. The summed E-state index contributed by atoms with van der Waals surface area (Å²) in [5, 5.41) is 0. The van der Waals surface area contributed by atoms with Crippen molar-refractivity contribution in [1.82, 2.24) is 0 Å². The topological polar surface area (TPSA) is 46.5 Å². The van der Waals surface area contributed by atoms with Crippen molar-refractivity contribution >= 4 is 11.4 Å². The van der Waals surface area contributed by atoms with Crippen molar-refractivity contribution in [2.45, 2.75) is 13.3 Å². The molecule has 1 N–H and O–H groups in total. The summed E-state index contributed by atoms with van der Waals surface area (Å²) in [6.07, 6.45) is 3.65. The van der Waals surface area contributed by atoms with E-state index >= 15 is 0 Å². The van der Waals surface area contributed by atoms with Crippen molar-refractivity contribution in [1.29, 1.82) is 0 Å². The fraction of sp³-hybridized carbons (Fsp3) is 0.500. The molecule has 0 saturated carbocycles. The lowest BCUT2D eigenvalue weighted by atomic mass is 10.5. The van der Waals surface area contributed by atoms with Crippen molar-refractivity contribution in [2.24, 2.45) is 0 Å². The molecule has 1 unspecified atom stereocenters. The van der Waals surface area contributed by atoms with E-state index in [-0.39, 0.29) is 0 Å². The summed E-state index contributed by atoms with van der Waals surface area (Å²) in [5.74, 6) is 0. The highest BCUT2D eigenvalue weighted by Gasteiger charge is 1.81. The van der Waals surface area contributed by atoms with Gasteiger partial charge in [0.05, 0.1) is 0 Å². The molecule has 0 bridgehead atoms. The zero-order valence-corrected chi connectivity index (χ0v) is 5.35. The van der Waals surface area contributed by atoms with Crippen LogP contribution in [0.25, 0.3) is 0 Å². The molecule has 0 amide bonds. The van der Waals surface area contributed by atoms with Crippen LogP contribution in [0.3, 0.4) is 0 Å². The summed E-state index contributed by atoms with van der Waals surface area (Å²) in [6, 6.07) is 0. The molecule has 0 aliphatic carbocycles. The van der Waals surface area contributed by atoms with Gasteiger partial charge in [0.1, 0.15) is 6.26 Å². The minimum Gasteiger partial charge on any atom is -0.388 e. The Morgan fingerprint density at radius 3 is 2.88 bits per heavy atom. The molecular formula is C4H8O3S. The van der Waals surface area contributed by atoms with E-state index in [0.717, 1.165) is 6.42 Å². The highest BCUT2D eigenvalue weighted by atomic mass is 32.2. The smallest absolute Gasteiger partial charge is 0.356 e. The lowest BCUT2D eigenvalue weighted by molar-refractivity contribution is 0.419. The average Bonchev–Trinajstić information content (AvgIpc) is 1.66. The molecule has 0 aromatic rings. The second-order valence-electron chi connectivity index (χ2n) is 1.09. The first-order valence-electron chi connectivity index (χ1n) is 2.20. The first-order chi connectivity index (χ1) is 3.77. The summed E-state index contributed by atoms with van der Waals surface area (Å²) < 4.78 is 21.8. The average molecular weight is 136 g/mol. The normalized spacial score (nSPS) is 14.2. The predicted molar refractivity (Wildman–Crippen MR) is 31.3 cm³/mol. The van der Waals surface area contributed by atoms with Crippen molar-refractivity contribution in [3.8, 4) is 0 Å². The molecule has 48 valence electrons. The van der Waals surface area contributed by atoms with E-state index < -0.39 is 11.4 Å². The molecule has 0 aliphatic heterocycles. The summed E-state index contributed by atoms with van der Waals surface area (Å²) in [5.41, 5.74) is 0. The molecule has 0 saturated heterocycles. The summed E-state index contributed by atoms with van der Waals surface area (Å²) >= 11 is -2.15. The van der Waals surface area contributed by atoms with Crippen LogP contribution < -0.4 is 0 Å². The number of allylic oxidation sites excluding steroid dienone is 1. The van der Waals surface area contributed by atoms with Gasteiger partial charge in [-0.3, -0.25) is 4.55 Å². The summed E-state index contributed by atoms with van der Waals surface area (Å²) in [6.45, 7) is 1.90. The molecule has 0 spiro atoms. The van der Waals surface area contributed by atoms with Crippen LogP contribution in [0.2, 0.25) is 0 Å². The quantitative estimate of drug-likeness (QED) is 0.466. The maximum atomic E-state index is 9.71. The Labute approximate surface area is 50.8 Å². The largest absolute Gasteiger partial charge is 0.388 e. The molecule has 0 radical (unpaired) electrons. The van der Waals surface area contributed by atoms with Gasteiger partial charge in [0.25, 0.3) is 0 Å². The first-order valence-corrected chi connectivity index (χ1v) is 3.23. The van der Waals surface area contributed by atoms with E-state index in [9.17, 15) is 4.21 Å². The Kier molecular flexibility index (Phi) is 4.59. The van der Waals surface area contributed by atoms with Crippen molar-refractivity contribution in [3.63, 3.8) is 0 Å². The number of hydrogen-bond donors (Lipinski definition) is 1. The predicted octanol–water partition coefficient (Wildman–Crippen LogP) is 1.06. The van der Waals surface area contributed by atoms with Crippen LogP contribution in [0.5, 0.6) is 0 Å². The Morgan fingerprint density at radius 1 is 1.88 bits per heavy atom. The van der Waals surface area contributed by atoms with E-state index in [1.807, 2.05) is 6.92 Å². The lowest BCUT2D eigenvalue weighted by Crippen LogP contribution is -1.84. The van der Waals surface area contributed by atoms with Crippen LogP contribution in [-0.4, -0.2) is 8.76 Å². The third-order valence-electron chi connectivity index (χ3n) is 0.470. The maximum absolute atomic E-state index is 9.71. The van der Waals surface area contributed by atoms with Crippen LogP contribution in [-0.2, 0) is 15.5 Å². The summed E-state index contributed by atoms with van der Waals surface area (Å²) in [7, 11) is 0. The van der Waals surface area contributed by atoms with Gasteiger partial charge in [-0.1, -0.05) is 6.92 Å². The second-order valence-corrected chi connectivity index (χ2v) is 1.72. The van der Waals surface area contributed by atoms with E-state index in [0.29, 0.717) is 0 Å². The number of hydrogen-bond acceptors (Lipinski definition) is 2. The molecule has 4 heteroatoms. The summed E-state index contributed by atoms with van der Waals surface area (Å²) in [4.78, 5) is 0. The SMILES string of the molecule is CCC=COS(=O)O. The van der Waals surface area contributed by atoms with Crippen LogP contribution >= 0.6 is 0 Å². The minimum atomic E-state index is -2.15. The molecular weight excluding hydrogens is 128 g/mol. The van der Waals surface area contributed by atoms with E-state index in [1.165, 1.54) is 6.26 Å². The third kappa shape index (κ3) is 5.65. The van der Waals surface area contributed by atoms with Crippen LogP contribution in [0.15, 0.2) is 12.3 Å². The second kappa shape index (κ2) is 4.80. The van der Waals surface area contributed by atoms with Gasteiger partial charge in [0.2, 0.25) is 0 Å². The molecule has 0 aliphatic rings. The highest BCUT2D eigenvalue weighted by Crippen LogP contribution is 1.83. The van der Waals surface area contributed by atoms with Gasteiger partial charge in [0.15, 0.2) is 0 Å². The molecule has 3 nitrogen and oxygen atoms in total. The van der Waals surface area contributed by atoms with E-state index in [2.05, 4.69) is 4.18 Å². The van der Waals surface area contributed by atoms with Gasteiger partial charge >= 0.3 is 11.4 Å². The maximum Gasteiger partial charge on any atom is 0.356 e. The molecule has 8 heavy (non-hydrogen) atoms. The zero-order valence-electron chi connectivity index (χ0n) is 4.53. The van der Waals surface area contributed by atoms with Gasteiger partial charge < -0.3 is 4.18 Å². The Morgan fingerprint density at radius 2 is 2.50 bits per heavy atom. The fourth-order valence-electron chi connectivity index (χ4n) is 0.183. The van der Waals surface area contributed by atoms with Gasteiger partial charge in [0, 0.05) is 0 Å². The highest BCUT2D eigenvalue weighted by molar-refractivity contribution is 7.74. The van der Waals surface area contributed by atoms with Gasteiger partial charge in [-0.2, -0.15) is 4.21 Å². The third-order valence-corrected chi connectivity index (χ3v) is 0.746. The lowest BCUT2D eigenvalue weighted by Gasteiger charge is -1.85. The molecule has 0 heterocycles. The van der Waals surface area contributed by atoms with Gasteiger partial charge in [-0.25, -0.2) is 0 Å². The Hall–Kier alpha value is -0.350. The Bertz CT molecular complexity index is 99.5. The molecule has 0 fully saturated rings. The van der Waals surface area contributed by atoms with E-state index in [4.69, 9.17) is 4.55 Å². The van der Waals surface area contributed by atoms with Gasteiger partial charge in [-0.15, -0.1) is 0 Å². The standard InChI is InChI=1S/C4H8O3S/c1-2-3-4-7-8(5)6/h3-4H,2H2,1H3,(H,5,6). The first kappa shape index (κ1) is 7.65. The monoisotopic (exact) mass is 136 g/mol. The number of rotatable bonds is 3. The van der Waals surface area contributed by atoms with Crippen molar-refractivity contribution in [3.05, 3.63) is 12.3 Å². The fourth-order valence-corrected chi connectivity index (χ4v) is 0.357. The molecule has 0 rings (SSSR count). The Balaban J connectivity index is 3.16. The molecule has 1 atom stereocenters. The van der Waals surface area contributed by atoms with Gasteiger partial charge in [-0.05, 0) is 12.5 Å². The van der Waals surface area contributed by atoms with Crippen molar-refractivity contribution in [2.75, 3.05) is 0 Å². The zero-order chi connectivity index (χ0) is 6.41.